The minimum Gasteiger partial charge on any atom is -0.323 e. The highest BCUT2D eigenvalue weighted by Gasteiger charge is 2.20. The molecule has 2 rings (SSSR count). The lowest BCUT2D eigenvalue weighted by molar-refractivity contribution is -0.120. The van der Waals surface area contributed by atoms with E-state index < -0.39 is 0 Å². The van der Waals surface area contributed by atoms with E-state index in [0.717, 1.165) is 18.5 Å². The zero-order valence-electron chi connectivity index (χ0n) is 8.12. The number of H-pyrrole nitrogens is 1. The molecule has 0 unspecified atom stereocenters. The van der Waals surface area contributed by atoms with Gasteiger partial charge in [-0.3, -0.25) is 9.89 Å². The van der Waals surface area contributed by atoms with Gasteiger partial charge in [-0.25, -0.2) is 0 Å². The molecule has 1 amide bonds. The third kappa shape index (κ3) is 2.13. The first-order valence-electron chi connectivity index (χ1n) is 5.16. The van der Waals surface area contributed by atoms with Gasteiger partial charge in [0.05, 0.1) is 11.9 Å². The molecule has 4 nitrogen and oxygen atoms in total. The monoisotopic (exact) mass is 193 g/mol. The maximum absolute atomic E-state index is 11.7. The maximum Gasteiger partial charge on any atom is 0.227 e. The number of rotatable bonds is 2. The Hall–Kier alpha value is -1.32. The third-order valence-corrected chi connectivity index (χ3v) is 2.74. The Bertz CT molecular complexity index is 288. The summed E-state index contributed by atoms with van der Waals surface area (Å²) in [5.41, 5.74) is 0.764. The van der Waals surface area contributed by atoms with Gasteiger partial charge in [0.15, 0.2) is 0 Å². The van der Waals surface area contributed by atoms with Gasteiger partial charge in [-0.2, -0.15) is 5.10 Å². The van der Waals surface area contributed by atoms with Crippen molar-refractivity contribution in [3.05, 3.63) is 12.4 Å². The molecule has 0 aromatic carbocycles. The fourth-order valence-corrected chi connectivity index (χ4v) is 1.93. The number of aromatic nitrogens is 2. The van der Waals surface area contributed by atoms with Crippen molar-refractivity contribution in [2.45, 2.75) is 32.1 Å². The van der Waals surface area contributed by atoms with Crippen LogP contribution in [0.1, 0.15) is 32.1 Å². The van der Waals surface area contributed by atoms with E-state index in [1.807, 2.05) is 0 Å². The lowest BCUT2D eigenvalue weighted by Crippen LogP contribution is -2.24. The van der Waals surface area contributed by atoms with E-state index in [1.165, 1.54) is 19.3 Å². The molecule has 0 atom stereocenters. The van der Waals surface area contributed by atoms with E-state index in [2.05, 4.69) is 15.5 Å². The molecule has 0 spiro atoms. The van der Waals surface area contributed by atoms with Crippen LogP contribution in [-0.4, -0.2) is 16.1 Å². The summed E-state index contributed by atoms with van der Waals surface area (Å²) in [6.07, 6.45) is 9.03. The Morgan fingerprint density at radius 1 is 1.43 bits per heavy atom. The van der Waals surface area contributed by atoms with Gasteiger partial charge in [-0.1, -0.05) is 19.3 Å². The number of amides is 1. The van der Waals surface area contributed by atoms with Gasteiger partial charge in [0.25, 0.3) is 0 Å². The van der Waals surface area contributed by atoms with E-state index in [4.69, 9.17) is 0 Å². The highest BCUT2D eigenvalue weighted by Crippen LogP contribution is 2.24. The van der Waals surface area contributed by atoms with Crippen LogP contribution in [0.15, 0.2) is 12.4 Å². The number of carbonyl (C=O) groups excluding carboxylic acids is 1. The molecule has 1 aromatic heterocycles. The van der Waals surface area contributed by atoms with Gasteiger partial charge >= 0.3 is 0 Å². The largest absolute Gasteiger partial charge is 0.323 e. The summed E-state index contributed by atoms with van der Waals surface area (Å²) in [5, 5.41) is 9.31. The summed E-state index contributed by atoms with van der Waals surface area (Å²) in [7, 11) is 0. The van der Waals surface area contributed by atoms with Gasteiger partial charge in [-0.15, -0.1) is 0 Å². The minimum absolute atomic E-state index is 0.145. The second kappa shape index (κ2) is 4.26. The number of carbonyl (C=O) groups is 1. The summed E-state index contributed by atoms with van der Waals surface area (Å²) in [5.74, 6) is 0.352. The molecule has 1 saturated carbocycles. The Morgan fingerprint density at radius 2 is 2.21 bits per heavy atom. The highest BCUT2D eigenvalue weighted by atomic mass is 16.1. The van der Waals surface area contributed by atoms with Crippen molar-refractivity contribution < 1.29 is 4.79 Å². The van der Waals surface area contributed by atoms with Crippen LogP contribution in [0.4, 0.5) is 5.69 Å². The molecule has 0 saturated heterocycles. The zero-order chi connectivity index (χ0) is 9.80. The van der Waals surface area contributed by atoms with Gasteiger partial charge in [0.2, 0.25) is 5.91 Å². The first-order valence-corrected chi connectivity index (χ1v) is 5.16. The number of nitrogens with one attached hydrogen (secondary N) is 2. The normalized spacial score (nSPS) is 18.0. The van der Waals surface area contributed by atoms with Crippen molar-refractivity contribution >= 4 is 11.6 Å². The predicted octanol–water partition coefficient (Wildman–Crippen LogP) is 1.93. The third-order valence-electron chi connectivity index (χ3n) is 2.74. The van der Waals surface area contributed by atoms with Crippen molar-refractivity contribution in [3.63, 3.8) is 0 Å². The van der Waals surface area contributed by atoms with Crippen LogP contribution >= 0.6 is 0 Å². The lowest BCUT2D eigenvalue weighted by Gasteiger charge is -2.20. The zero-order valence-corrected chi connectivity index (χ0v) is 8.12. The van der Waals surface area contributed by atoms with Crippen molar-refractivity contribution in [3.8, 4) is 0 Å². The molecule has 0 radical (unpaired) electrons. The molecule has 1 aliphatic rings. The Labute approximate surface area is 83.1 Å². The van der Waals surface area contributed by atoms with E-state index >= 15 is 0 Å². The number of aromatic amines is 1. The van der Waals surface area contributed by atoms with E-state index in [0.29, 0.717) is 0 Å². The molecule has 0 bridgehead atoms. The lowest BCUT2D eigenvalue weighted by atomic mass is 9.89. The Balaban J connectivity index is 1.88. The van der Waals surface area contributed by atoms with Gasteiger partial charge in [0, 0.05) is 12.1 Å². The average Bonchev–Trinajstić information content (AvgIpc) is 2.72. The van der Waals surface area contributed by atoms with Crippen molar-refractivity contribution in [1.82, 2.24) is 10.2 Å². The summed E-state index contributed by atoms with van der Waals surface area (Å²) < 4.78 is 0. The van der Waals surface area contributed by atoms with Crippen molar-refractivity contribution in [2.24, 2.45) is 5.92 Å². The topological polar surface area (TPSA) is 57.8 Å². The van der Waals surface area contributed by atoms with Crippen molar-refractivity contribution in [2.75, 3.05) is 5.32 Å². The second-order valence-electron chi connectivity index (χ2n) is 3.81. The SMILES string of the molecule is O=C(Nc1cn[nH]c1)C1CCCCC1. The quantitative estimate of drug-likeness (QED) is 0.754. The molecule has 1 fully saturated rings. The van der Waals surface area contributed by atoms with Gasteiger partial charge < -0.3 is 5.32 Å². The average molecular weight is 193 g/mol. The van der Waals surface area contributed by atoms with Crippen LogP contribution in [0.25, 0.3) is 0 Å². The molecular weight excluding hydrogens is 178 g/mol. The van der Waals surface area contributed by atoms with Crippen LogP contribution in [0.2, 0.25) is 0 Å². The van der Waals surface area contributed by atoms with Crippen LogP contribution in [0, 0.1) is 5.92 Å². The summed E-state index contributed by atoms with van der Waals surface area (Å²) >= 11 is 0. The molecular formula is C10H15N3O. The number of hydrogen-bond donors (Lipinski definition) is 2. The summed E-state index contributed by atoms with van der Waals surface area (Å²) in [6.45, 7) is 0. The van der Waals surface area contributed by atoms with Crippen LogP contribution in [0.5, 0.6) is 0 Å². The van der Waals surface area contributed by atoms with Crippen LogP contribution in [-0.2, 0) is 4.79 Å². The van der Waals surface area contributed by atoms with Crippen LogP contribution < -0.4 is 5.32 Å². The Kier molecular flexibility index (Phi) is 2.81. The first-order chi connectivity index (χ1) is 6.86. The molecule has 1 aliphatic carbocycles. The predicted molar refractivity (Wildman–Crippen MR) is 53.8 cm³/mol. The van der Waals surface area contributed by atoms with Gasteiger partial charge in [0.1, 0.15) is 0 Å². The molecule has 76 valence electrons. The van der Waals surface area contributed by atoms with Gasteiger partial charge in [-0.05, 0) is 12.8 Å². The van der Waals surface area contributed by atoms with E-state index in [-0.39, 0.29) is 11.8 Å². The molecule has 4 heteroatoms. The molecule has 1 heterocycles. The molecule has 2 N–H and O–H groups in total. The van der Waals surface area contributed by atoms with E-state index in [1.54, 1.807) is 12.4 Å². The number of nitrogens with zero attached hydrogens (tertiary/aromatic N) is 1. The van der Waals surface area contributed by atoms with Crippen LogP contribution in [0.3, 0.4) is 0 Å². The fourth-order valence-electron chi connectivity index (χ4n) is 1.93. The number of anilines is 1. The molecule has 0 aliphatic heterocycles. The highest BCUT2D eigenvalue weighted by molar-refractivity contribution is 5.92. The number of hydrogen-bond acceptors (Lipinski definition) is 2. The molecule has 14 heavy (non-hydrogen) atoms. The smallest absolute Gasteiger partial charge is 0.227 e. The maximum atomic E-state index is 11.7. The van der Waals surface area contributed by atoms with Crippen molar-refractivity contribution in [1.29, 1.82) is 0 Å². The summed E-state index contributed by atoms with van der Waals surface area (Å²) in [4.78, 5) is 11.7. The summed E-state index contributed by atoms with van der Waals surface area (Å²) in [6, 6.07) is 0. The standard InChI is InChI=1S/C10H15N3O/c14-10(8-4-2-1-3-5-8)13-9-6-11-12-7-9/h6-8H,1-5H2,(H,11,12)(H,13,14). The molecule has 1 aromatic rings. The first kappa shape index (κ1) is 9.24. The van der Waals surface area contributed by atoms with E-state index in [9.17, 15) is 4.79 Å². The Morgan fingerprint density at radius 3 is 2.86 bits per heavy atom. The second-order valence-corrected chi connectivity index (χ2v) is 3.81. The minimum atomic E-state index is 0.145. The fraction of sp³-hybridized carbons (Fsp3) is 0.600.